The molecule has 0 saturated carbocycles. The van der Waals surface area contributed by atoms with Crippen LogP contribution in [0.1, 0.15) is 28.9 Å². The molecule has 19 heavy (non-hydrogen) atoms. The first kappa shape index (κ1) is 15.0. The highest BCUT2D eigenvalue weighted by Crippen LogP contribution is 2.18. The summed E-state index contributed by atoms with van der Waals surface area (Å²) in [7, 11) is 0. The first-order valence-corrected chi connectivity index (χ1v) is 5.32. The van der Waals surface area contributed by atoms with Gasteiger partial charge in [0.2, 0.25) is 11.9 Å². The van der Waals surface area contributed by atoms with E-state index in [-0.39, 0.29) is 12.1 Å². The van der Waals surface area contributed by atoms with Gasteiger partial charge >= 0.3 is 5.97 Å². The molecule has 0 spiro atoms. The Kier molecular flexibility index (Phi) is 4.90. The van der Waals surface area contributed by atoms with E-state index >= 15 is 0 Å². The molecule has 0 bridgehead atoms. The Morgan fingerprint density at radius 3 is 2.63 bits per heavy atom. The zero-order valence-electron chi connectivity index (χ0n) is 10.00. The molecule has 1 rings (SSSR count). The van der Waals surface area contributed by atoms with Gasteiger partial charge in [0.25, 0.3) is 0 Å². The summed E-state index contributed by atoms with van der Waals surface area (Å²) in [4.78, 5) is 24.5. The molecule has 0 fully saturated rings. The number of carbonyl (C=O) groups excluding carboxylic acids is 1. The number of amides is 1. The summed E-state index contributed by atoms with van der Waals surface area (Å²) in [6.45, 7) is 1.01. The van der Waals surface area contributed by atoms with E-state index in [2.05, 4.69) is 10.3 Å². The lowest BCUT2D eigenvalue weighted by Crippen LogP contribution is -2.34. The predicted molar refractivity (Wildman–Crippen MR) is 60.8 cm³/mol. The maximum absolute atomic E-state index is 13.0. The Hall–Kier alpha value is -2.06. The van der Waals surface area contributed by atoms with Crippen LogP contribution >= 0.6 is 0 Å². The minimum absolute atomic E-state index is 0.0587. The van der Waals surface area contributed by atoms with Crippen molar-refractivity contribution in [3.05, 3.63) is 29.3 Å². The van der Waals surface area contributed by atoms with Gasteiger partial charge in [-0.05, 0) is 6.07 Å². The van der Waals surface area contributed by atoms with Crippen molar-refractivity contribution in [1.29, 1.82) is 0 Å². The minimum Gasteiger partial charge on any atom is -0.478 e. The van der Waals surface area contributed by atoms with E-state index in [9.17, 15) is 24.2 Å². The number of aliphatic hydroxyl groups is 2. The van der Waals surface area contributed by atoms with Crippen LogP contribution in [0.2, 0.25) is 0 Å². The molecule has 0 aliphatic rings. The Bertz CT molecular complexity index is 494. The van der Waals surface area contributed by atoms with Gasteiger partial charge in [-0.25, -0.2) is 9.78 Å². The highest BCUT2D eigenvalue weighted by Gasteiger charge is 2.22. The second kappa shape index (κ2) is 6.21. The molecule has 1 amide bonds. The number of aromatic nitrogens is 1. The summed E-state index contributed by atoms with van der Waals surface area (Å²) in [5.74, 6) is -3.11. The van der Waals surface area contributed by atoms with Crippen LogP contribution in [0, 0.1) is 5.95 Å². The van der Waals surface area contributed by atoms with E-state index in [4.69, 9.17) is 5.11 Å². The molecule has 0 saturated heterocycles. The van der Waals surface area contributed by atoms with E-state index in [0.717, 1.165) is 12.3 Å². The first-order chi connectivity index (χ1) is 8.82. The monoisotopic (exact) mass is 272 g/mol. The van der Waals surface area contributed by atoms with Crippen molar-refractivity contribution in [2.45, 2.75) is 19.1 Å². The third-order valence-electron chi connectivity index (χ3n) is 2.36. The molecule has 4 N–H and O–H groups in total. The summed E-state index contributed by atoms with van der Waals surface area (Å²) in [6, 6.07) is 0.881. The fourth-order valence-electron chi connectivity index (χ4n) is 1.36. The fraction of sp³-hybridized carbons (Fsp3) is 0.364. The second-order valence-electron chi connectivity index (χ2n) is 3.86. The molecule has 104 valence electrons. The Morgan fingerprint density at radius 1 is 1.47 bits per heavy atom. The van der Waals surface area contributed by atoms with Crippen molar-refractivity contribution in [2.75, 3.05) is 6.54 Å². The number of carboxylic acids is 1. The van der Waals surface area contributed by atoms with E-state index < -0.39 is 35.6 Å². The van der Waals surface area contributed by atoms with Crippen molar-refractivity contribution in [2.24, 2.45) is 0 Å². The largest absolute Gasteiger partial charge is 0.478 e. The molecule has 1 heterocycles. The topological polar surface area (TPSA) is 120 Å². The van der Waals surface area contributed by atoms with Crippen molar-refractivity contribution in [3.63, 3.8) is 0 Å². The van der Waals surface area contributed by atoms with Gasteiger partial charge in [-0.3, -0.25) is 4.79 Å². The summed E-state index contributed by atoms with van der Waals surface area (Å²) in [5, 5.41) is 30.3. The lowest BCUT2D eigenvalue weighted by molar-refractivity contribution is -0.119. The Balaban J connectivity index is 2.87. The molecular weight excluding hydrogens is 259 g/mol. The van der Waals surface area contributed by atoms with Crippen molar-refractivity contribution in [1.82, 2.24) is 10.3 Å². The molecular formula is C11H13FN2O5. The standard InChI is InChI=1S/C11H13FN2O5/c1-5(15)13-4-8(16)9(17)6-2-7(11(18)19)10(12)14-3-6/h2-3,8-9,16-17H,4H2,1H3,(H,13,15)(H,18,19). The van der Waals surface area contributed by atoms with Crippen molar-refractivity contribution >= 4 is 11.9 Å². The SMILES string of the molecule is CC(=O)NCC(O)C(O)c1cnc(F)c(C(=O)O)c1. The molecule has 0 aliphatic heterocycles. The number of hydrogen-bond acceptors (Lipinski definition) is 5. The Labute approximate surface area is 107 Å². The molecule has 2 unspecified atom stereocenters. The van der Waals surface area contributed by atoms with Crippen LogP contribution in [0.15, 0.2) is 12.3 Å². The van der Waals surface area contributed by atoms with Crippen LogP contribution in [0.25, 0.3) is 0 Å². The van der Waals surface area contributed by atoms with Crippen LogP contribution in [-0.4, -0.2) is 44.8 Å². The van der Waals surface area contributed by atoms with E-state index in [0.29, 0.717) is 0 Å². The molecule has 0 aliphatic carbocycles. The number of halogens is 1. The number of nitrogens with zero attached hydrogens (tertiary/aromatic N) is 1. The zero-order valence-corrected chi connectivity index (χ0v) is 10.00. The van der Waals surface area contributed by atoms with Crippen LogP contribution in [0.5, 0.6) is 0 Å². The smallest absolute Gasteiger partial charge is 0.340 e. The number of aromatic carboxylic acids is 1. The average Bonchev–Trinajstić information content (AvgIpc) is 2.35. The molecule has 0 radical (unpaired) electrons. The van der Waals surface area contributed by atoms with Crippen molar-refractivity contribution in [3.8, 4) is 0 Å². The van der Waals surface area contributed by atoms with Gasteiger partial charge in [0.15, 0.2) is 0 Å². The number of carboxylic acid groups (broad SMARTS) is 1. The second-order valence-corrected chi connectivity index (χ2v) is 3.86. The number of hydrogen-bond donors (Lipinski definition) is 4. The van der Waals surface area contributed by atoms with Crippen LogP contribution < -0.4 is 5.32 Å². The van der Waals surface area contributed by atoms with E-state index in [1.165, 1.54) is 6.92 Å². The maximum Gasteiger partial charge on any atom is 0.340 e. The average molecular weight is 272 g/mol. The molecule has 7 nitrogen and oxygen atoms in total. The zero-order chi connectivity index (χ0) is 14.6. The van der Waals surface area contributed by atoms with E-state index in [1.54, 1.807) is 0 Å². The lowest BCUT2D eigenvalue weighted by atomic mass is 10.0. The fourth-order valence-corrected chi connectivity index (χ4v) is 1.36. The summed E-state index contributed by atoms with van der Waals surface area (Å²) in [6.07, 6.45) is -1.93. The number of carbonyl (C=O) groups is 2. The molecule has 2 atom stereocenters. The maximum atomic E-state index is 13.0. The third-order valence-corrected chi connectivity index (χ3v) is 2.36. The molecule has 0 aromatic carbocycles. The molecule has 1 aromatic rings. The minimum atomic E-state index is -1.53. The Morgan fingerprint density at radius 2 is 2.11 bits per heavy atom. The normalized spacial score (nSPS) is 13.7. The third kappa shape index (κ3) is 3.97. The molecule has 8 heteroatoms. The quantitative estimate of drug-likeness (QED) is 0.534. The van der Waals surface area contributed by atoms with Crippen molar-refractivity contribution < 1.29 is 29.3 Å². The number of rotatable bonds is 5. The summed E-state index contributed by atoms with van der Waals surface area (Å²) < 4.78 is 13.0. The highest BCUT2D eigenvalue weighted by molar-refractivity contribution is 5.87. The molecule has 1 aromatic heterocycles. The van der Waals surface area contributed by atoms with Gasteiger partial charge in [0.05, 0.1) is 0 Å². The summed E-state index contributed by atoms with van der Waals surface area (Å²) >= 11 is 0. The predicted octanol–water partition coefficient (Wildman–Crippen LogP) is -0.551. The summed E-state index contributed by atoms with van der Waals surface area (Å²) in [5.41, 5.74) is -0.764. The van der Waals surface area contributed by atoms with Gasteiger partial charge in [-0.15, -0.1) is 0 Å². The van der Waals surface area contributed by atoms with Gasteiger partial charge < -0.3 is 20.6 Å². The van der Waals surface area contributed by atoms with Gasteiger partial charge in [-0.2, -0.15) is 4.39 Å². The van der Waals surface area contributed by atoms with Gasteiger partial charge in [0, 0.05) is 25.2 Å². The van der Waals surface area contributed by atoms with Gasteiger partial charge in [0.1, 0.15) is 17.8 Å². The van der Waals surface area contributed by atoms with Crippen LogP contribution in [-0.2, 0) is 4.79 Å². The number of pyridine rings is 1. The van der Waals surface area contributed by atoms with Crippen LogP contribution in [0.4, 0.5) is 4.39 Å². The number of aliphatic hydroxyl groups excluding tert-OH is 2. The number of nitrogens with one attached hydrogen (secondary N) is 1. The van der Waals surface area contributed by atoms with Gasteiger partial charge in [-0.1, -0.05) is 0 Å². The van der Waals surface area contributed by atoms with Crippen LogP contribution in [0.3, 0.4) is 0 Å². The van der Waals surface area contributed by atoms with E-state index in [1.807, 2.05) is 0 Å². The highest BCUT2D eigenvalue weighted by atomic mass is 19.1. The first-order valence-electron chi connectivity index (χ1n) is 5.32. The lowest BCUT2D eigenvalue weighted by Gasteiger charge is -2.18.